The fourth-order valence-corrected chi connectivity index (χ4v) is 3.87. The number of hydrogen-bond donors (Lipinski definition) is 3. The normalized spacial score (nSPS) is 14.0. The molecule has 2 aromatic rings. The molecule has 1 aliphatic rings. The van der Waals surface area contributed by atoms with E-state index in [4.69, 9.17) is 14.3 Å². The molecule has 3 rings (SSSR count). The number of nitrogens with one attached hydrogen (secondary N) is 2. The first-order valence-corrected chi connectivity index (χ1v) is 9.59. The van der Waals surface area contributed by atoms with Gasteiger partial charge in [0.15, 0.2) is 0 Å². The van der Waals surface area contributed by atoms with Crippen molar-refractivity contribution in [3.05, 3.63) is 47.4 Å². The quantitative estimate of drug-likeness (QED) is 0.615. The van der Waals surface area contributed by atoms with Gasteiger partial charge in [0.1, 0.15) is 16.4 Å². The Morgan fingerprint density at radius 2 is 2.00 bits per heavy atom. The standard InChI is InChI=1S/C17H18N2O7S/c1-25-13-6-2-10(8-15(13)27(23,24)19-11-3-4-11)16(20)18-9-12-5-7-14(26-12)17(21)22/h2,5-8,11,19H,3-4,9H2,1H3,(H,18,20)(H,21,22). The number of carbonyl (C=O) groups excluding carboxylic acids is 1. The molecule has 0 radical (unpaired) electrons. The Kier molecular flexibility index (Phi) is 5.19. The molecule has 1 saturated carbocycles. The van der Waals surface area contributed by atoms with Crippen LogP contribution in [0.25, 0.3) is 0 Å². The van der Waals surface area contributed by atoms with Crippen LogP contribution in [0.1, 0.15) is 39.5 Å². The van der Waals surface area contributed by atoms with Crippen LogP contribution in [0.5, 0.6) is 5.75 Å². The van der Waals surface area contributed by atoms with Gasteiger partial charge in [0.2, 0.25) is 15.8 Å². The Bertz CT molecular complexity index is 977. The van der Waals surface area contributed by atoms with Crippen molar-refractivity contribution in [2.75, 3.05) is 7.11 Å². The van der Waals surface area contributed by atoms with Crippen LogP contribution < -0.4 is 14.8 Å². The van der Waals surface area contributed by atoms with Crippen molar-refractivity contribution in [2.45, 2.75) is 30.3 Å². The molecule has 1 heterocycles. The molecule has 0 bridgehead atoms. The van der Waals surface area contributed by atoms with E-state index in [1.54, 1.807) is 0 Å². The Balaban J connectivity index is 1.76. The summed E-state index contributed by atoms with van der Waals surface area (Å²) in [4.78, 5) is 23.0. The molecule has 0 saturated heterocycles. The zero-order chi connectivity index (χ0) is 19.6. The van der Waals surface area contributed by atoms with Crippen LogP contribution in [0.4, 0.5) is 0 Å². The number of benzene rings is 1. The third-order valence-electron chi connectivity index (χ3n) is 3.91. The molecule has 3 N–H and O–H groups in total. The summed E-state index contributed by atoms with van der Waals surface area (Å²) in [7, 11) is -2.46. The second-order valence-electron chi connectivity index (χ2n) is 6.01. The average molecular weight is 394 g/mol. The van der Waals surface area contributed by atoms with E-state index < -0.39 is 21.9 Å². The molecule has 1 aromatic heterocycles. The predicted molar refractivity (Wildman–Crippen MR) is 93.2 cm³/mol. The molecule has 1 amide bonds. The second-order valence-corrected chi connectivity index (χ2v) is 7.70. The van der Waals surface area contributed by atoms with Crippen LogP contribution in [0.2, 0.25) is 0 Å². The Hall–Kier alpha value is -2.85. The number of aromatic carboxylic acids is 1. The van der Waals surface area contributed by atoms with Crippen molar-refractivity contribution in [3.63, 3.8) is 0 Å². The van der Waals surface area contributed by atoms with Gasteiger partial charge in [-0.05, 0) is 43.2 Å². The van der Waals surface area contributed by atoms with E-state index in [0.29, 0.717) is 0 Å². The van der Waals surface area contributed by atoms with Crippen LogP contribution in [0.3, 0.4) is 0 Å². The van der Waals surface area contributed by atoms with Gasteiger partial charge in [-0.3, -0.25) is 4.79 Å². The van der Waals surface area contributed by atoms with Crippen LogP contribution >= 0.6 is 0 Å². The Labute approximate surface area is 155 Å². The fourth-order valence-electron chi connectivity index (χ4n) is 2.37. The van der Waals surface area contributed by atoms with Crippen molar-refractivity contribution in [3.8, 4) is 5.75 Å². The SMILES string of the molecule is COc1ccc(C(=O)NCc2ccc(C(=O)O)o2)cc1S(=O)(=O)NC1CC1. The zero-order valence-electron chi connectivity index (χ0n) is 14.4. The number of ether oxygens (including phenoxy) is 1. The Morgan fingerprint density at radius 3 is 2.59 bits per heavy atom. The number of rotatable bonds is 8. The third kappa shape index (κ3) is 4.47. The maximum atomic E-state index is 12.5. The number of hydrogen-bond acceptors (Lipinski definition) is 6. The molecule has 10 heteroatoms. The molecule has 1 aliphatic carbocycles. The summed E-state index contributed by atoms with van der Waals surface area (Å²) in [6.45, 7) is -0.0411. The summed E-state index contributed by atoms with van der Waals surface area (Å²) >= 11 is 0. The number of amides is 1. The summed E-state index contributed by atoms with van der Waals surface area (Å²) < 4.78 is 37.7. The third-order valence-corrected chi connectivity index (χ3v) is 5.45. The van der Waals surface area contributed by atoms with E-state index in [0.717, 1.165) is 12.8 Å². The lowest BCUT2D eigenvalue weighted by Crippen LogP contribution is -2.27. The predicted octanol–water partition coefficient (Wildman–Crippen LogP) is 1.36. The minimum Gasteiger partial charge on any atom is -0.495 e. The summed E-state index contributed by atoms with van der Waals surface area (Å²) in [6, 6.07) is 6.73. The topological polar surface area (TPSA) is 135 Å². The maximum absolute atomic E-state index is 12.5. The van der Waals surface area contributed by atoms with Crippen molar-refractivity contribution in [2.24, 2.45) is 0 Å². The molecule has 0 atom stereocenters. The first-order chi connectivity index (χ1) is 12.8. The lowest BCUT2D eigenvalue weighted by atomic mass is 10.2. The summed E-state index contributed by atoms with van der Waals surface area (Å²) in [5.41, 5.74) is 0.122. The van der Waals surface area contributed by atoms with E-state index in [1.165, 1.54) is 37.4 Å². The van der Waals surface area contributed by atoms with Crippen LogP contribution in [-0.4, -0.2) is 38.6 Å². The number of furan rings is 1. The van der Waals surface area contributed by atoms with Crippen molar-refractivity contribution in [1.29, 1.82) is 0 Å². The van der Waals surface area contributed by atoms with Crippen molar-refractivity contribution >= 4 is 21.9 Å². The number of carbonyl (C=O) groups is 2. The number of carboxylic acids is 1. The highest BCUT2D eigenvalue weighted by molar-refractivity contribution is 7.89. The van der Waals surface area contributed by atoms with Gasteiger partial charge in [0.05, 0.1) is 13.7 Å². The van der Waals surface area contributed by atoms with Gasteiger partial charge < -0.3 is 19.6 Å². The van der Waals surface area contributed by atoms with E-state index in [-0.39, 0.29) is 40.3 Å². The van der Waals surface area contributed by atoms with Crippen LogP contribution in [0, 0.1) is 0 Å². The first-order valence-electron chi connectivity index (χ1n) is 8.11. The summed E-state index contributed by atoms with van der Waals surface area (Å²) in [5.74, 6) is -1.58. The second kappa shape index (κ2) is 7.41. The first kappa shape index (κ1) is 18.9. The molecule has 1 fully saturated rings. The van der Waals surface area contributed by atoms with E-state index in [2.05, 4.69) is 10.0 Å². The number of carboxylic acid groups (broad SMARTS) is 1. The highest BCUT2D eigenvalue weighted by atomic mass is 32.2. The minimum atomic E-state index is -3.81. The maximum Gasteiger partial charge on any atom is 0.371 e. The van der Waals surface area contributed by atoms with Gasteiger partial charge in [-0.15, -0.1) is 0 Å². The van der Waals surface area contributed by atoms with Crippen molar-refractivity contribution in [1.82, 2.24) is 10.0 Å². The lowest BCUT2D eigenvalue weighted by molar-refractivity contribution is 0.0660. The molecular formula is C17H18N2O7S. The average Bonchev–Trinajstić information content (AvgIpc) is 3.30. The molecule has 0 spiro atoms. The Morgan fingerprint density at radius 1 is 1.26 bits per heavy atom. The monoisotopic (exact) mass is 394 g/mol. The molecule has 1 aromatic carbocycles. The number of methoxy groups -OCH3 is 1. The molecule has 0 unspecified atom stereocenters. The van der Waals surface area contributed by atoms with E-state index >= 15 is 0 Å². The van der Waals surface area contributed by atoms with Gasteiger partial charge >= 0.3 is 5.97 Å². The summed E-state index contributed by atoms with van der Waals surface area (Å²) in [5, 5.41) is 11.4. The minimum absolute atomic E-state index is 0.0411. The van der Waals surface area contributed by atoms with Gasteiger partial charge in [-0.1, -0.05) is 0 Å². The van der Waals surface area contributed by atoms with Crippen LogP contribution in [-0.2, 0) is 16.6 Å². The zero-order valence-corrected chi connectivity index (χ0v) is 15.2. The molecular weight excluding hydrogens is 376 g/mol. The molecule has 0 aliphatic heterocycles. The van der Waals surface area contributed by atoms with E-state index in [1.807, 2.05) is 0 Å². The van der Waals surface area contributed by atoms with Crippen molar-refractivity contribution < 1.29 is 32.3 Å². The molecule has 144 valence electrons. The molecule has 9 nitrogen and oxygen atoms in total. The van der Waals surface area contributed by atoms with Gasteiger partial charge in [-0.2, -0.15) is 0 Å². The van der Waals surface area contributed by atoms with Crippen LogP contribution in [0.15, 0.2) is 39.6 Å². The summed E-state index contributed by atoms with van der Waals surface area (Å²) in [6.07, 6.45) is 1.56. The van der Waals surface area contributed by atoms with Gasteiger partial charge in [-0.25, -0.2) is 17.9 Å². The largest absolute Gasteiger partial charge is 0.495 e. The van der Waals surface area contributed by atoms with Gasteiger partial charge in [0, 0.05) is 11.6 Å². The lowest BCUT2D eigenvalue weighted by Gasteiger charge is -2.12. The molecule has 27 heavy (non-hydrogen) atoms. The van der Waals surface area contributed by atoms with E-state index in [9.17, 15) is 18.0 Å². The highest BCUT2D eigenvalue weighted by Crippen LogP contribution is 2.28. The highest BCUT2D eigenvalue weighted by Gasteiger charge is 2.30. The van der Waals surface area contributed by atoms with Gasteiger partial charge in [0.25, 0.3) is 5.91 Å². The smallest absolute Gasteiger partial charge is 0.371 e. The number of sulfonamides is 1. The fraction of sp³-hybridized carbons (Fsp3) is 0.294.